The van der Waals surface area contributed by atoms with Crippen LogP contribution in [-0.4, -0.2) is 17.1 Å². The summed E-state index contributed by atoms with van der Waals surface area (Å²) in [7, 11) is 0. The maximum absolute atomic E-state index is 11.8. The van der Waals surface area contributed by atoms with E-state index in [2.05, 4.69) is 15.5 Å². The second-order valence-electron chi connectivity index (χ2n) is 3.49. The number of aromatic nitrogens is 1. The summed E-state index contributed by atoms with van der Waals surface area (Å²) >= 11 is 0. The molecule has 0 saturated carbocycles. The first kappa shape index (κ1) is 11.1. The standard InChI is InChI=1S/C13H13N3O/c1-2-3-8-15-16-13(17)11-9-14-12-7-5-4-6-10(11)12/h2-9,14H,1H3,(H,16,17). The Hall–Kier alpha value is -2.36. The van der Waals surface area contributed by atoms with Crippen molar-refractivity contribution >= 4 is 23.0 Å². The Bertz CT molecular complexity index is 581. The van der Waals surface area contributed by atoms with Gasteiger partial charge in [-0.2, -0.15) is 5.10 Å². The van der Waals surface area contributed by atoms with Crippen molar-refractivity contribution in [3.05, 3.63) is 48.2 Å². The van der Waals surface area contributed by atoms with E-state index < -0.39 is 0 Å². The molecule has 1 aromatic carbocycles. The predicted molar refractivity (Wildman–Crippen MR) is 69.1 cm³/mol. The summed E-state index contributed by atoms with van der Waals surface area (Å²) in [5.74, 6) is -0.219. The summed E-state index contributed by atoms with van der Waals surface area (Å²) in [6.07, 6.45) is 6.80. The van der Waals surface area contributed by atoms with Gasteiger partial charge in [-0.1, -0.05) is 24.3 Å². The zero-order valence-corrected chi connectivity index (χ0v) is 9.47. The molecule has 1 heterocycles. The third-order valence-corrected chi connectivity index (χ3v) is 2.35. The van der Waals surface area contributed by atoms with Gasteiger partial charge in [0.2, 0.25) is 0 Å². The van der Waals surface area contributed by atoms with Crippen LogP contribution in [0.25, 0.3) is 10.9 Å². The van der Waals surface area contributed by atoms with Crippen LogP contribution in [0.4, 0.5) is 0 Å². The third kappa shape index (κ3) is 2.42. The second-order valence-corrected chi connectivity index (χ2v) is 3.49. The molecule has 4 heteroatoms. The number of nitrogens with zero attached hydrogens (tertiary/aromatic N) is 1. The van der Waals surface area contributed by atoms with Crippen LogP contribution in [0.5, 0.6) is 0 Å². The Morgan fingerprint density at radius 1 is 1.41 bits per heavy atom. The number of fused-ring (bicyclic) bond motifs is 1. The lowest BCUT2D eigenvalue weighted by Gasteiger charge is -1.96. The fourth-order valence-corrected chi connectivity index (χ4v) is 1.54. The highest BCUT2D eigenvalue weighted by atomic mass is 16.2. The molecule has 0 aliphatic rings. The number of hydrogen-bond acceptors (Lipinski definition) is 2. The Balaban J connectivity index is 2.19. The van der Waals surface area contributed by atoms with Crippen LogP contribution >= 0.6 is 0 Å². The van der Waals surface area contributed by atoms with Crippen LogP contribution in [0.3, 0.4) is 0 Å². The van der Waals surface area contributed by atoms with Gasteiger partial charge in [0.25, 0.3) is 5.91 Å². The first-order valence-corrected chi connectivity index (χ1v) is 5.33. The molecule has 0 aliphatic carbocycles. The first-order valence-electron chi connectivity index (χ1n) is 5.33. The summed E-state index contributed by atoms with van der Waals surface area (Å²) in [6, 6.07) is 7.65. The van der Waals surface area contributed by atoms with Crippen molar-refractivity contribution in [3.63, 3.8) is 0 Å². The number of carbonyl (C=O) groups excluding carboxylic acids is 1. The fraction of sp³-hybridized carbons (Fsp3) is 0.0769. The molecule has 0 aliphatic heterocycles. The number of aromatic amines is 1. The average molecular weight is 227 g/mol. The Labute approximate surface area is 99.0 Å². The number of para-hydroxylation sites is 1. The minimum absolute atomic E-state index is 0.219. The zero-order chi connectivity index (χ0) is 12.1. The number of nitrogens with one attached hydrogen (secondary N) is 2. The number of benzene rings is 1. The van der Waals surface area contributed by atoms with Crippen molar-refractivity contribution in [3.8, 4) is 0 Å². The molecule has 4 nitrogen and oxygen atoms in total. The number of hydrogen-bond donors (Lipinski definition) is 2. The maximum Gasteiger partial charge on any atom is 0.273 e. The number of H-pyrrole nitrogens is 1. The van der Waals surface area contributed by atoms with Crippen molar-refractivity contribution in [2.75, 3.05) is 0 Å². The van der Waals surface area contributed by atoms with Crippen molar-refractivity contribution in [1.82, 2.24) is 10.4 Å². The highest BCUT2D eigenvalue weighted by Crippen LogP contribution is 2.17. The number of rotatable bonds is 3. The highest BCUT2D eigenvalue weighted by Gasteiger charge is 2.09. The molecular formula is C13H13N3O. The molecule has 2 N–H and O–H groups in total. The van der Waals surface area contributed by atoms with Gasteiger partial charge >= 0.3 is 0 Å². The molecule has 1 aromatic heterocycles. The van der Waals surface area contributed by atoms with E-state index in [0.717, 1.165) is 10.9 Å². The minimum Gasteiger partial charge on any atom is -0.360 e. The summed E-state index contributed by atoms with van der Waals surface area (Å²) in [6.45, 7) is 1.88. The highest BCUT2D eigenvalue weighted by molar-refractivity contribution is 6.06. The number of amides is 1. The normalized spacial score (nSPS) is 11.6. The molecule has 2 rings (SSSR count). The molecule has 2 aromatic rings. The lowest BCUT2D eigenvalue weighted by Crippen LogP contribution is -2.16. The van der Waals surface area contributed by atoms with Gasteiger partial charge in [-0.25, -0.2) is 5.43 Å². The van der Waals surface area contributed by atoms with Crippen molar-refractivity contribution in [2.24, 2.45) is 5.10 Å². The van der Waals surface area contributed by atoms with E-state index in [1.165, 1.54) is 6.21 Å². The van der Waals surface area contributed by atoms with Crippen LogP contribution < -0.4 is 5.43 Å². The molecule has 0 fully saturated rings. The zero-order valence-electron chi connectivity index (χ0n) is 9.47. The monoisotopic (exact) mass is 227 g/mol. The van der Waals surface area contributed by atoms with Crippen LogP contribution in [-0.2, 0) is 0 Å². The largest absolute Gasteiger partial charge is 0.360 e. The molecule has 86 valence electrons. The van der Waals surface area contributed by atoms with Gasteiger partial charge in [-0.15, -0.1) is 0 Å². The minimum atomic E-state index is -0.219. The van der Waals surface area contributed by atoms with E-state index in [1.54, 1.807) is 12.3 Å². The molecule has 0 bridgehead atoms. The van der Waals surface area contributed by atoms with Crippen LogP contribution in [0.1, 0.15) is 17.3 Å². The van der Waals surface area contributed by atoms with Crippen LogP contribution in [0.15, 0.2) is 47.7 Å². The second kappa shape index (κ2) is 5.12. The SMILES string of the molecule is CC=CC=NNC(=O)c1c[nH]c2ccccc12. The first-order chi connectivity index (χ1) is 8.33. The molecule has 0 radical (unpaired) electrons. The van der Waals surface area contributed by atoms with E-state index in [4.69, 9.17) is 0 Å². The van der Waals surface area contributed by atoms with Crippen LogP contribution in [0, 0.1) is 0 Å². The molecule has 17 heavy (non-hydrogen) atoms. The lowest BCUT2D eigenvalue weighted by molar-refractivity contribution is 0.0957. The van der Waals surface area contributed by atoms with Crippen molar-refractivity contribution < 1.29 is 4.79 Å². The average Bonchev–Trinajstić information content (AvgIpc) is 2.78. The molecule has 0 spiro atoms. The quantitative estimate of drug-likeness (QED) is 0.614. The molecule has 0 saturated heterocycles. The van der Waals surface area contributed by atoms with Gasteiger partial charge in [-0.3, -0.25) is 4.79 Å². The van der Waals surface area contributed by atoms with Crippen LogP contribution in [0.2, 0.25) is 0 Å². The Morgan fingerprint density at radius 2 is 2.24 bits per heavy atom. The van der Waals surface area contributed by atoms with Gasteiger partial charge < -0.3 is 4.98 Å². The number of hydrazone groups is 1. The summed E-state index contributed by atoms with van der Waals surface area (Å²) < 4.78 is 0. The van der Waals surface area contributed by atoms with Gasteiger partial charge in [-0.05, 0) is 19.1 Å². The Kier molecular flexibility index (Phi) is 3.35. The van der Waals surface area contributed by atoms with E-state index in [-0.39, 0.29) is 5.91 Å². The van der Waals surface area contributed by atoms with Gasteiger partial charge in [0.05, 0.1) is 5.56 Å². The maximum atomic E-state index is 11.8. The number of carbonyl (C=O) groups is 1. The fourth-order valence-electron chi connectivity index (χ4n) is 1.54. The van der Waals surface area contributed by atoms with Gasteiger partial charge in [0.15, 0.2) is 0 Å². The van der Waals surface area contributed by atoms with Gasteiger partial charge in [0.1, 0.15) is 0 Å². The van der Waals surface area contributed by atoms with Crippen molar-refractivity contribution in [2.45, 2.75) is 6.92 Å². The van der Waals surface area contributed by atoms with E-state index in [9.17, 15) is 4.79 Å². The van der Waals surface area contributed by atoms with E-state index in [1.807, 2.05) is 37.3 Å². The topological polar surface area (TPSA) is 57.2 Å². The third-order valence-electron chi connectivity index (χ3n) is 2.35. The molecule has 1 amide bonds. The summed E-state index contributed by atoms with van der Waals surface area (Å²) in [5.41, 5.74) is 4.01. The molecule has 0 unspecified atom stereocenters. The van der Waals surface area contributed by atoms with Gasteiger partial charge in [0, 0.05) is 23.3 Å². The molecular weight excluding hydrogens is 214 g/mol. The predicted octanol–water partition coefficient (Wildman–Crippen LogP) is 2.46. The number of allylic oxidation sites excluding steroid dienone is 2. The van der Waals surface area contributed by atoms with Crippen molar-refractivity contribution in [1.29, 1.82) is 0 Å². The lowest BCUT2D eigenvalue weighted by atomic mass is 10.2. The van der Waals surface area contributed by atoms with E-state index >= 15 is 0 Å². The Morgan fingerprint density at radius 3 is 3.06 bits per heavy atom. The molecule has 0 atom stereocenters. The smallest absolute Gasteiger partial charge is 0.273 e. The summed E-state index contributed by atoms with van der Waals surface area (Å²) in [4.78, 5) is 14.9. The summed E-state index contributed by atoms with van der Waals surface area (Å²) in [5, 5.41) is 4.69. The van der Waals surface area contributed by atoms with E-state index in [0.29, 0.717) is 5.56 Å².